The molecule has 0 aliphatic carbocycles. The van der Waals surface area contributed by atoms with Gasteiger partial charge in [0, 0.05) is 17.5 Å². The second-order valence-electron chi connectivity index (χ2n) is 8.76. The number of carbonyl (C=O) groups is 2. The zero-order valence-corrected chi connectivity index (χ0v) is 18.9. The number of H-pyrrole nitrogens is 1. The van der Waals surface area contributed by atoms with Gasteiger partial charge in [0.1, 0.15) is 11.9 Å². The number of Topliss-reactive ketones (excluding diaryl/α,β-unsaturated/α-hetero) is 1. The zero-order chi connectivity index (χ0) is 23.4. The Labute approximate surface area is 193 Å². The molecule has 1 aromatic heterocycles. The average Bonchev–Trinajstić information content (AvgIpc) is 3.52. The van der Waals surface area contributed by atoms with Crippen LogP contribution >= 0.6 is 0 Å². The maximum atomic E-state index is 15.9. The molecule has 7 heteroatoms. The van der Waals surface area contributed by atoms with Gasteiger partial charge in [-0.3, -0.25) is 9.59 Å². The predicted octanol–water partition coefficient (Wildman–Crippen LogP) is 4.06. The van der Waals surface area contributed by atoms with E-state index < -0.39 is 6.04 Å². The van der Waals surface area contributed by atoms with Crippen LogP contribution in [0.1, 0.15) is 55.5 Å². The highest BCUT2D eigenvalue weighted by molar-refractivity contribution is 5.94. The summed E-state index contributed by atoms with van der Waals surface area (Å²) in [6.45, 7) is 4.63. The molecular formula is C26H29FN4O2. The summed E-state index contributed by atoms with van der Waals surface area (Å²) in [6.07, 6.45) is 4.74. The van der Waals surface area contributed by atoms with Crippen LogP contribution in [0, 0.1) is 5.82 Å². The SMILES string of the molecule is CC(C)c1ccc(C(NC(=O)C2CCCN2)C(=O)Cc2cnc[nH]2)c(-c2ccccc2)c1F. The van der Waals surface area contributed by atoms with Gasteiger partial charge in [-0.2, -0.15) is 0 Å². The smallest absolute Gasteiger partial charge is 0.237 e. The summed E-state index contributed by atoms with van der Waals surface area (Å²) in [5, 5.41) is 6.09. The first-order chi connectivity index (χ1) is 16.0. The Kier molecular flexibility index (Phi) is 6.99. The summed E-state index contributed by atoms with van der Waals surface area (Å²) in [6, 6.07) is 11.3. The van der Waals surface area contributed by atoms with E-state index in [1.54, 1.807) is 18.3 Å². The van der Waals surface area contributed by atoms with Crippen molar-refractivity contribution in [2.45, 2.75) is 51.1 Å². The number of rotatable bonds is 8. The highest BCUT2D eigenvalue weighted by Crippen LogP contribution is 2.36. The molecule has 172 valence electrons. The zero-order valence-electron chi connectivity index (χ0n) is 18.9. The van der Waals surface area contributed by atoms with Crippen molar-refractivity contribution in [1.29, 1.82) is 0 Å². The summed E-state index contributed by atoms with van der Waals surface area (Å²) in [5.74, 6) is -0.874. The van der Waals surface area contributed by atoms with E-state index in [1.807, 2.05) is 44.2 Å². The fourth-order valence-corrected chi connectivity index (χ4v) is 4.35. The Balaban J connectivity index is 1.80. The predicted molar refractivity (Wildman–Crippen MR) is 125 cm³/mol. The molecule has 0 radical (unpaired) electrons. The highest BCUT2D eigenvalue weighted by atomic mass is 19.1. The number of ketones is 1. The molecule has 2 atom stereocenters. The first-order valence-corrected chi connectivity index (χ1v) is 11.4. The molecule has 6 nitrogen and oxygen atoms in total. The van der Waals surface area contributed by atoms with Gasteiger partial charge in [0.15, 0.2) is 5.78 Å². The molecule has 0 bridgehead atoms. The number of carbonyl (C=O) groups excluding carboxylic acids is 2. The van der Waals surface area contributed by atoms with E-state index in [4.69, 9.17) is 0 Å². The third kappa shape index (κ3) is 5.03. The largest absolute Gasteiger partial charge is 0.348 e. The summed E-state index contributed by atoms with van der Waals surface area (Å²) < 4.78 is 15.9. The second-order valence-corrected chi connectivity index (χ2v) is 8.76. The summed E-state index contributed by atoms with van der Waals surface area (Å²) >= 11 is 0. The highest BCUT2D eigenvalue weighted by Gasteiger charge is 2.31. The van der Waals surface area contributed by atoms with E-state index in [-0.39, 0.29) is 35.9 Å². The lowest BCUT2D eigenvalue weighted by Crippen LogP contribution is -2.44. The maximum Gasteiger partial charge on any atom is 0.237 e. The molecule has 0 saturated carbocycles. The number of imidazole rings is 1. The first kappa shape index (κ1) is 22.9. The quantitative estimate of drug-likeness (QED) is 0.485. The molecule has 1 aliphatic rings. The molecule has 2 unspecified atom stereocenters. The molecular weight excluding hydrogens is 419 g/mol. The molecule has 1 fully saturated rings. The van der Waals surface area contributed by atoms with Crippen LogP contribution in [-0.4, -0.2) is 34.2 Å². The third-order valence-corrected chi connectivity index (χ3v) is 6.10. The fraction of sp³-hybridized carbons (Fsp3) is 0.346. The van der Waals surface area contributed by atoms with Crippen molar-refractivity contribution in [1.82, 2.24) is 20.6 Å². The van der Waals surface area contributed by atoms with Crippen molar-refractivity contribution in [2.24, 2.45) is 0 Å². The van der Waals surface area contributed by atoms with Gasteiger partial charge in [-0.05, 0) is 42.0 Å². The maximum absolute atomic E-state index is 15.9. The number of hydrogen-bond donors (Lipinski definition) is 3. The van der Waals surface area contributed by atoms with E-state index in [1.165, 1.54) is 6.33 Å². The van der Waals surface area contributed by atoms with Gasteiger partial charge in [-0.1, -0.05) is 56.3 Å². The Hall–Kier alpha value is -3.32. The van der Waals surface area contributed by atoms with Crippen molar-refractivity contribution < 1.29 is 14.0 Å². The molecule has 0 spiro atoms. The molecule has 33 heavy (non-hydrogen) atoms. The number of nitrogens with zero attached hydrogens (tertiary/aromatic N) is 1. The second kappa shape index (κ2) is 10.1. The van der Waals surface area contributed by atoms with Crippen molar-refractivity contribution in [2.75, 3.05) is 6.54 Å². The number of aromatic amines is 1. The lowest BCUT2D eigenvalue weighted by atomic mass is 9.87. The van der Waals surface area contributed by atoms with Crippen LogP contribution in [-0.2, 0) is 16.0 Å². The normalized spacial score (nSPS) is 16.7. The lowest BCUT2D eigenvalue weighted by Gasteiger charge is -2.24. The molecule has 1 amide bonds. The number of benzene rings is 2. The van der Waals surface area contributed by atoms with Crippen LogP contribution < -0.4 is 10.6 Å². The van der Waals surface area contributed by atoms with Gasteiger partial charge in [-0.15, -0.1) is 0 Å². The van der Waals surface area contributed by atoms with Crippen molar-refractivity contribution in [3.63, 3.8) is 0 Å². The minimum atomic E-state index is -0.992. The molecule has 4 rings (SSSR count). The van der Waals surface area contributed by atoms with Gasteiger partial charge in [-0.25, -0.2) is 9.37 Å². The third-order valence-electron chi connectivity index (χ3n) is 6.10. The van der Waals surface area contributed by atoms with Crippen LogP contribution in [0.4, 0.5) is 4.39 Å². The molecule has 1 saturated heterocycles. The number of aromatic nitrogens is 2. The van der Waals surface area contributed by atoms with Crippen LogP contribution in [0.25, 0.3) is 11.1 Å². The van der Waals surface area contributed by atoms with Gasteiger partial charge in [0.2, 0.25) is 5.91 Å². The summed E-state index contributed by atoms with van der Waals surface area (Å²) in [7, 11) is 0. The van der Waals surface area contributed by atoms with E-state index >= 15 is 4.39 Å². The lowest BCUT2D eigenvalue weighted by molar-refractivity contribution is -0.128. The van der Waals surface area contributed by atoms with Crippen molar-refractivity contribution in [3.05, 3.63) is 77.6 Å². The fourth-order valence-electron chi connectivity index (χ4n) is 4.35. The Morgan fingerprint density at radius 1 is 1.15 bits per heavy atom. The minimum absolute atomic E-state index is 0.0297. The van der Waals surface area contributed by atoms with Crippen molar-refractivity contribution >= 4 is 11.7 Å². The number of hydrogen-bond acceptors (Lipinski definition) is 4. The van der Waals surface area contributed by atoms with E-state index in [0.29, 0.717) is 34.4 Å². The summed E-state index contributed by atoms with van der Waals surface area (Å²) in [5.41, 5.74) is 2.68. The summed E-state index contributed by atoms with van der Waals surface area (Å²) in [4.78, 5) is 33.4. The Morgan fingerprint density at radius 3 is 2.55 bits per heavy atom. The van der Waals surface area contributed by atoms with Gasteiger partial charge in [0.25, 0.3) is 0 Å². The molecule has 3 aromatic rings. The van der Waals surface area contributed by atoms with Crippen LogP contribution in [0.3, 0.4) is 0 Å². The number of nitrogens with one attached hydrogen (secondary N) is 3. The monoisotopic (exact) mass is 448 g/mol. The number of halogens is 1. The molecule has 3 N–H and O–H groups in total. The minimum Gasteiger partial charge on any atom is -0.348 e. The number of amides is 1. The van der Waals surface area contributed by atoms with E-state index in [9.17, 15) is 9.59 Å². The molecule has 2 aromatic carbocycles. The molecule has 1 aliphatic heterocycles. The van der Waals surface area contributed by atoms with Gasteiger partial charge < -0.3 is 15.6 Å². The first-order valence-electron chi connectivity index (χ1n) is 11.4. The van der Waals surface area contributed by atoms with Crippen LogP contribution in [0.15, 0.2) is 55.0 Å². The van der Waals surface area contributed by atoms with E-state index in [2.05, 4.69) is 20.6 Å². The van der Waals surface area contributed by atoms with Gasteiger partial charge >= 0.3 is 0 Å². The standard InChI is InChI=1S/C26H29FN4O2/c1-16(2)19-10-11-20(23(24(19)27)17-7-4-3-5-8-17)25(22(32)13-18-14-28-15-30-18)31-26(33)21-9-6-12-29-21/h3-5,7-8,10-11,14-16,21,25,29H,6,9,12-13H2,1-2H3,(H,28,30)(H,31,33). The van der Waals surface area contributed by atoms with Gasteiger partial charge in [0.05, 0.1) is 18.8 Å². The molecule has 2 heterocycles. The van der Waals surface area contributed by atoms with Crippen LogP contribution in [0.2, 0.25) is 0 Å². The van der Waals surface area contributed by atoms with Crippen LogP contribution in [0.5, 0.6) is 0 Å². The Bertz CT molecular complexity index is 1110. The Morgan fingerprint density at radius 2 is 1.91 bits per heavy atom. The van der Waals surface area contributed by atoms with E-state index in [0.717, 1.165) is 13.0 Å². The van der Waals surface area contributed by atoms with Crippen molar-refractivity contribution in [3.8, 4) is 11.1 Å². The average molecular weight is 449 g/mol. The topological polar surface area (TPSA) is 86.9 Å².